The molecule has 1 aliphatic rings. The van der Waals surface area contributed by atoms with Crippen LogP contribution in [0.3, 0.4) is 0 Å². The molecule has 0 saturated carbocycles. The third-order valence-electron chi connectivity index (χ3n) is 7.73. The van der Waals surface area contributed by atoms with E-state index in [1.807, 2.05) is 0 Å². The Balaban J connectivity index is 1.25. The zero-order chi connectivity index (χ0) is 36.9. The number of alkyl halides is 3. The Labute approximate surface area is 299 Å². The molecule has 2 heterocycles. The predicted octanol–water partition coefficient (Wildman–Crippen LogP) is 6.66. The Bertz CT molecular complexity index is 2020. The average Bonchev–Trinajstić information content (AvgIpc) is 3.41. The summed E-state index contributed by atoms with van der Waals surface area (Å²) in [6.07, 6.45) is -0.681. The van der Waals surface area contributed by atoms with Gasteiger partial charge in [0, 0.05) is 53.0 Å². The van der Waals surface area contributed by atoms with Crippen molar-refractivity contribution in [2.24, 2.45) is 0 Å². The van der Waals surface area contributed by atoms with E-state index in [1.165, 1.54) is 29.1 Å². The maximum Gasteiger partial charge on any atom is 0.417 e. The van der Waals surface area contributed by atoms with Gasteiger partial charge >= 0.3 is 6.18 Å². The second kappa shape index (κ2) is 15.9. The van der Waals surface area contributed by atoms with Gasteiger partial charge in [0.25, 0.3) is 16.0 Å². The van der Waals surface area contributed by atoms with E-state index >= 15 is 4.39 Å². The molecule has 0 spiro atoms. The minimum Gasteiger partial charge on any atom is -0.492 e. The van der Waals surface area contributed by atoms with Gasteiger partial charge in [-0.15, -0.1) is 0 Å². The molecule has 0 saturated heterocycles. The first-order chi connectivity index (χ1) is 24.1. The molecular weight excluding hydrogens is 743 g/mol. The van der Waals surface area contributed by atoms with E-state index in [1.54, 1.807) is 29.3 Å². The number of hydrogen-bond acceptors (Lipinski definition) is 7. The van der Waals surface area contributed by atoms with Crippen LogP contribution in [0.1, 0.15) is 40.7 Å². The van der Waals surface area contributed by atoms with Crippen molar-refractivity contribution in [2.75, 3.05) is 37.0 Å². The molecule has 0 atom stereocenters. The SMILES string of the molecule is O=C(NCCS(=O)(=O)O)c1cc(F)c(Cn2cc(-c3cccc4c3OCCCN4C(=O)CCCOc3cccc(C(F)(F)F)c3Cl)cn2)c(Cl)c1. The number of halogens is 6. The summed E-state index contributed by atoms with van der Waals surface area (Å²) in [5.41, 5.74) is 0.618. The maximum absolute atomic E-state index is 15.1. The van der Waals surface area contributed by atoms with Crippen molar-refractivity contribution in [2.45, 2.75) is 32.0 Å². The summed E-state index contributed by atoms with van der Waals surface area (Å²) in [7, 11) is -4.29. The van der Waals surface area contributed by atoms with Crippen LogP contribution in [-0.2, 0) is 27.6 Å². The molecule has 2 N–H and O–H groups in total. The van der Waals surface area contributed by atoms with Crippen molar-refractivity contribution in [3.05, 3.63) is 93.5 Å². The maximum atomic E-state index is 15.1. The second-order valence-corrected chi connectivity index (χ2v) is 13.7. The van der Waals surface area contributed by atoms with Gasteiger partial charge in [-0.1, -0.05) is 41.4 Å². The number of ether oxygens (including phenoxy) is 2. The number of benzene rings is 3. The molecule has 0 bridgehead atoms. The van der Waals surface area contributed by atoms with Gasteiger partial charge in [0.15, 0.2) is 5.75 Å². The molecule has 272 valence electrons. The summed E-state index contributed by atoms with van der Waals surface area (Å²) in [6.45, 7) is 0.145. The second-order valence-electron chi connectivity index (χ2n) is 11.4. The Morgan fingerprint density at radius 3 is 2.61 bits per heavy atom. The summed E-state index contributed by atoms with van der Waals surface area (Å²) in [6, 6.07) is 10.8. The van der Waals surface area contributed by atoms with E-state index in [9.17, 15) is 31.2 Å². The van der Waals surface area contributed by atoms with E-state index in [-0.39, 0.29) is 60.3 Å². The number of aromatic nitrogens is 2. The summed E-state index contributed by atoms with van der Waals surface area (Å²) in [5, 5.41) is 5.98. The Morgan fingerprint density at radius 1 is 1.12 bits per heavy atom. The Morgan fingerprint density at radius 2 is 1.88 bits per heavy atom. The summed E-state index contributed by atoms with van der Waals surface area (Å²) < 4.78 is 98.2. The fourth-order valence-corrected chi connectivity index (χ4v) is 6.22. The van der Waals surface area contributed by atoms with Crippen molar-refractivity contribution in [1.29, 1.82) is 0 Å². The molecule has 5 rings (SSSR count). The van der Waals surface area contributed by atoms with Crippen molar-refractivity contribution >= 4 is 50.8 Å². The van der Waals surface area contributed by atoms with Gasteiger partial charge in [0.05, 0.1) is 48.0 Å². The third kappa shape index (κ3) is 9.49. The van der Waals surface area contributed by atoms with Gasteiger partial charge in [-0.3, -0.25) is 18.8 Å². The number of carbonyl (C=O) groups excluding carboxylic acids is 2. The van der Waals surface area contributed by atoms with E-state index in [2.05, 4.69) is 10.4 Å². The first-order valence-electron chi connectivity index (χ1n) is 15.4. The smallest absolute Gasteiger partial charge is 0.417 e. The average molecular weight is 774 g/mol. The zero-order valence-corrected chi connectivity index (χ0v) is 28.9. The molecule has 0 fully saturated rings. The molecule has 0 aliphatic carbocycles. The van der Waals surface area contributed by atoms with E-state index in [4.69, 9.17) is 37.2 Å². The monoisotopic (exact) mass is 772 g/mol. The quantitative estimate of drug-likeness (QED) is 0.0927. The highest BCUT2D eigenvalue weighted by atomic mass is 35.5. The number of carbonyl (C=O) groups is 2. The minimum atomic E-state index is -4.63. The standard InChI is InChI=1S/C33H30Cl2F4N4O7S/c34-25-15-20(32(45)40-10-14-51(46,47)48)16-26(36)23(25)19-42-18-21(17-41-42)22-5-1-7-27-31(22)50-13-4-11-43(27)29(44)9-3-12-49-28-8-2-6-24(30(28)35)33(37,38)39/h1-2,5-8,15-18H,3-4,9-14,19H2,(H,40,45)(H,46,47,48). The third-order valence-corrected chi connectivity index (χ3v) is 9.18. The topological polar surface area (TPSA) is 140 Å². The summed E-state index contributed by atoms with van der Waals surface area (Å²) >= 11 is 12.2. The summed E-state index contributed by atoms with van der Waals surface area (Å²) in [5.74, 6) is -2.22. The van der Waals surface area contributed by atoms with Gasteiger partial charge in [-0.05, 0) is 43.2 Å². The van der Waals surface area contributed by atoms with Crippen molar-refractivity contribution in [3.63, 3.8) is 0 Å². The first-order valence-corrected chi connectivity index (χ1v) is 17.8. The van der Waals surface area contributed by atoms with Gasteiger partial charge in [0.1, 0.15) is 11.6 Å². The highest BCUT2D eigenvalue weighted by Crippen LogP contribution is 2.41. The van der Waals surface area contributed by atoms with Crippen molar-refractivity contribution in [1.82, 2.24) is 15.1 Å². The predicted molar refractivity (Wildman–Crippen MR) is 181 cm³/mol. The number of nitrogens with zero attached hydrogens (tertiary/aromatic N) is 3. The fourth-order valence-electron chi connectivity index (χ4n) is 5.31. The van der Waals surface area contributed by atoms with E-state index in [0.29, 0.717) is 42.1 Å². The number of fused-ring (bicyclic) bond motifs is 1. The van der Waals surface area contributed by atoms with Crippen LogP contribution in [0.15, 0.2) is 60.9 Å². The molecule has 1 aromatic heterocycles. The lowest BCUT2D eigenvalue weighted by atomic mass is 10.1. The molecule has 11 nitrogen and oxygen atoms in total. The number of anilines is 1. The van der Waals surface area contributed by atoms with Crippen LogP contribution in [0.25, 0.3) is 11.1 Å². The molecule has 1 aliphatic heterocycles. The lowest BCUT2D eigenvalue weighted by molar-refractivity contribution is -0.137. The minimum absolute atomic E-state index is 0.0372. The van der Waals surface area contributed by atoms with Crippen LogP contribution in [0.5, 0.6) is 11.5 Å². The number of para-hydroxylation sites is 1. The Kier molecular flexibility index (Phi) is 11.8. The molecule has 3 aromatic carbocycles. The van der Waals surface area contributed by atoms with Gasteiger partial charge < -0.3 is 19.7 Å². The van der Waals surface area contributed by atoms with Crippen LogP contribution in [-0.4, -0.2) is 66.6 Å². The molecule has 0 radical (unpaired) electrons. The van der Waals surface area contributed by atoms with Crippen molar-refractivity contribution < 1.29 is 49.6 Å². The number of amides is 2. The van der Waals surface area contributed by atoms with Crippen LogP contribution in [0.2, 0.25) is 10.0 Å². The molecule has 2 amide bonds. The van der Waals surface area contributed by atoms with Crippen LogP contribution >= 0.6 is 23.2 Å². The van der Waals surface area contributed by atoms with Gasteiger partial charge in [-0.25, -0.2) is 4.39 Å². The number of hydrogen-bond donors (Lipinski definition) is 2. The number of nitrogens with one attached hydrogen (secondary N) is 1. The molecule has 0 unspecified atom stereocenters. The van der Waals surface area contributed by atoms with E-state index < -0.39 is 44.4 Å². The first kappa shape index (κ1) is 37.9. The molecule has 18 heteroatoms. The van der Waals surface area contributed by atoms with Crippen LogP contribution in [0.4, 0.5) is 23.2 Å². The largest absolute Gasteiger partial charge is 0.492 e. The zero-order valence-electron chi connectivity index (χ0n) is 26.6. The number of rotatable bonds is 12. The van der Waals surface area contributed by atoms with Gasteiger partial charge in [0.2, 0.25) is 5.91 Å². The van der Waals surface area contributed by atoms with Crippen LogP contribution in [0, 0.1) is 5.82 Å². The van der Waals surface area contributed by atoms with Crippen LogP contribution < -0.4 is 19.7 Å². The van der Waals surface area contributed by atoms with Crippen molar-refractivity contribution in [3.8, 4) is 22.6 Å². The molecular formula is C33H30Cl2F4N4O7S. The summed E-state index contributed by atoms with van der Waals surface area (Å²) in [4.78, 5) is 27.3. The Hall–Kier alpha value is -4.38. The van der Waals surface area contributed by atoms with Gasteiger partial charge in [-0.2, -0.15) is 26.7 Å². The normalized spacial score (nSPS) is 13.3. The lowest BCUT2D eigenvalue weighted by Gasteiger charge is -2.23. The highest BCUT2D eigenvalue weighted by molar-refractivity contribution is 7.85. The molecule has 51 heavy (non-hydrogen) atoms. The van der Waals surface area contributed by atoms with E-state index in [0.717, 1.165) is 12.1 Å². The molecule has 4 aromatic rings. The lowest BCUT2D eigenvalue weighted by Crippen LogP contribution is -2.31. The fraction of sp³-hybridized carbons (Fsp3) is 0.303. The highest BCUT2D eigenvalue weighted by Gasteiger charge is 2.34.